The highest BCUT2D eigenvalue weighted by molar-refractivity contribution is 5.69. The molecule has 0 bridgehead atoms. The number of imidazole rings is 1. The zero-order chi connectivity index (χ0) is 15.8. The van der Waals surface area contributed by atoms with Crippen LogP contribution in [0.25, 0.3) is 11.2 Å². The lowest BCUT2D eigenvalue weighted by Gasteiger charge is -2.11. The summed E-state index contributed by atoms with van der Waals surface area (Å²) in [5.74, 6) is 2.14. The summed E-state index contributed by atoms with van der Waals surface area (Å²) in [6.07, 6.45) is 0.724. The molecule has 112 valence electrons. The minimum absolute atomic E-state index is 0.0343. The molecule has 0 N–H and O–H groups in total. The molecule has 0 fully saturated rings. The molecule has 0 aliphatic carbocycles. The van der Waals surface area contributed by atoms with Crippen LogP contribution in [-0.2, 0) is 20.1 Å². The molecule has 2 heterocycles. The van der Waals surface area contributed by atoms with E-state index in [4.69, 9.17) is 6.42 Å². The van der Waals surface area contributed by atoms with E-state index in [0.717, 1.165) is 9.13 Å². The number of aryl methyl sites for hydroxylation is 2. The van der Waals surface area contributed by atoms with Gasteiger partial charge in [0.1, 0.15) is 0 Å². The van der Waals surface area contributed by atoms with E-state index in [1.807, 2.05) is 0 Å². The van der Waals surface area contributed by atoms with Crippen LogP contribution in [0.5, 0.6) is 0 Å². The summed E-state index contributed by atoms with van der Waals surface area (Å²) in [6.45, 7) is -0.939. The van der Waals surface area contributed by atoms with Crippen molar-refractivity contribution in [1.82, 2.24) is 18.7 Å². The van der Waals surface area contributed by atoms with Crippen LogP contribution in [0.15, 0.2) is 15.9 Å². The first-order valence-corrected chi connectivity index (χ1v) is 5.91. The highest BCUT2D eigenvalue weighted by Crippen LogP contribution is 2.20. The van der Waals surface area contributed by atoms with Gasteiger partial charge >= 0.3 is 11.9 Å². The van der Waals surface area contributed by atoms with E-state index in [1.54, 1.807) is 0 Å². The molecule has 21 heavy (non-hydrogen) atoms. The van der Waals surface area contributed by atoms with E-state index < -0.39 is 30.4 Å². The minimum atomic E-state index is -4.42. The van der Waals surface area contributed by atoms with E-state index in [-0.39, 0.29) is 17.7 Å². The van der Waals surface area contributed by atoms with E-state index in [1.165, 1.54) is 17.9 Å². The summed E-state index contributed by atoms with van der Waals surface area (Å²) in [7, 11) is 1.51. The van der Waals surface area contributed by atoms with E-state index in [2.05, 4.69) is 10.9 Å². The SMILES string of the molecule is C#CCn1c(=O)c2c(ncn2C)n(CCC(F)(F)F)c1=O. The first-order valence-electron chi connectivity index (χ1n) is 5.91. The van der Waals surface area contributed by atoms with Crippen LogP contribution in [0.4, 0.5) is 13.2 Å². The number of terminal acetylenes is 1. The standard InChI is InChI=1S/C12H11F3N4O2/c1-3-5-19-10(20)8-9(16-7-17(8)2)18(11(19)21)6-4-12(13,14)15/h1,7H,4-6H2,2H3. The van der Waals surface area contributed by atoms with Crippen molar-refractivity contribution in [2.45, 2.75) is 25.7 Å². The van der Waals surface area contributed by atoms with Gasteiger partial charge in [-0.25, -0.2) is 14.3 Å². The van der Waals surface area contributed by atoms with Gasteiger partial charge in [0, 0.05) is 13.6 Å². The first kappa shape index (κ1) is 14.9. The summed E-state index contributed by atoms with van der Waals surface area (Å²) in [6, 6.07) is 0. The fourth-order valence-electron chi connectivity index (χ4n) is 1.98. The van der Waals surface area contributed by atoms with Crippen LogP contribution in [0.1, 0.15) is 6.42 Å². The average molecular weight is 300 g/mol. The largest absolute Gasteiger partial charge is 0.390 e. The molecular formula is C12H11F3N4O2. The molecule has 0 aliphatic rings. The van der Waals surface area contributed by atoms with Crippen molar-refractivity contribution < 1.29 is 13.2 Å². The molecule has 9 heteroatoms. The van der Waals surface area contributed by atoms with Crippen molar-refractivity contribution in [3.05, 3.63) is 27.2 Å². The topological polar surface area (TPSA) is 61.8 Å². The molecular weight excluding hydrogens is 289 g/mol. The van der Waals surface area contributed by atoms with Crippen molar-refractivity contribution in [3.8, 4) is 12.3 Å². The van der Waals surface area contributed by atoms with Crippen molar-refractivity contribution in [1.29, 1.82) is 0 Å². The molecule has 2 aromatic heterocycles. The molecule has 2 rings (SSSR count). The lowest BCUT2D eigenvalue weighted by molar-refractivity contribution is -0.136. The Morgan fingerprint density at radius 3 is 2.57 bits per heavy atom. The number of halogens is 3. The van der Waals surface area contributed by atoms with Gasteiger partial charge in [-0.3, -0.25) is 9.36 Å². The number of fused-ring (bicyclic) bond motifs is 1. The Labute approximate surface area is 116 Å². The van der Waals surface area contributed by atoms with Crippen molar-refractivity contribution in [2.24, 2.45) is 7.05 Å². The summed E-state index contributed by atoms with van der Waals surface area (Å²) in [4.78, 5) is 28.1. The summed E-state index contributed by atoms with van der Waals surface area (Å²) in [5, 5.41) is 0. The Morgan fingerprint density at radius 1 is 1.33 bits per heavy atom. The molecule has 0 aliphatic heterocycles. The third-order valence-electron chi connectivity index (χ3n) is 2.95. The fraction of sp³-hybridized carbons (Fsp3) is 0.417. The summed E-state index contributed by atoms with van der Waals surface area (Å²) < 4.78 is 40.0. The van der Waals surface area contributed by atoms with Gasteiger partial charge in [0.15, 0.2) is 11.2 Å². The summed E-state index contributed by atoms with van der Waals surface area (Å²) >= 11 is 0. The highest BCUT2D eigenvalue weighted by Gasteiger charge is 2.28. The third-order valence-corrected chi connectivity index (χ3v) is 2.95. The fourth-order valence-corrected chi connectivity index (χ4v) is 1.98. The zero-order valence-electron chi connectivity index (χ0n) is 11.0. The Balaban J connectivity index is 2.72. The maximum absolute atomic E-state index is 12.4. The Hall–Kier alpha value is -2.50. The normalized spacial score (nSPS) is 11.8. The quantitative estimate of drug-likeness (QED) is 0.775. The van der Waals surface area contributed by atoms with Crippen LogP contribution in [0.2, 0.25) is 0 Å². The molecule has 2 aromatic rings. The predicted molar refractivity (Wildman–Crippen MR) is 68.7 cm³/mol. The Kier molecular flexibility index (Phi) is 3.63. The Morgan fingerprint density at radius 2 is 2.00 bits per heavy atom. The molecule has 0 radical (unpaired) electrons. The molecule has 0 amide bonds. The van der Waals surface area contributed by atoms with Gasteiger partial charge in [0.25, 0.3) is 5.56 Å². The first-order chi connectivity index (χ1) is 9.76. The van der Waals surface area contributed by atoms with Crippen LogP contribution in [0, 0.1) is 12.3 Å². The van der Waals surface area contributed by atoms with Gasteiger partial charge in [0.2, 0.25) is 0 Å². The number of hydrogen-bond acceptors (Lipinski definition) is 3. The molecule has 0 saturated carbocycles. The second kappa shape index (κ2) is 5.12. The van der Waals surface area contributed by atoms with Gasteiger partial charge in [-0.1, -0.05) is 5.92 Å². The second-order valence-electron chi connectivity index (χ2n) is 4.42. The number of hydrogen-bond donors (Lipinski definition) is 0. The van der Waals surface area contributed by atoms with E-state index in [0.29, 0.717) is 0 Å². The van der Waals surface area contributed by atoms with Crippen molar-refractivity contribution in [2.75, 3.05) is 0 Å². The minimum Gasteiger partial charge on any atom is -0.328 e. The van der Waals surface area contributed by atoms with Gasteiger partial charge in [-0.2, -0.15) is 13.2 Å². The maximum atomic E-state index is 12.4. The number of alkyl halides is 3. The zero-order valence-corrected chi connectivity index (χ0v) is 11.0. The van der Waals surface area contributed by atoms with Crippen molar-refractivity contribution >= 4 is 11.2 Å². The predicted octanol–water partition coefficient (Wildman–Crippen LogP) is 0.482. The Bertz CT molecular complexity index is 836. The molecule has 6 nitrogen and oxygen atoms in total. The van der Waals surface area contributed by atoms with E-state index in [9.17, 15) is 22.8 Å². The van der Waals surface area contributed by atoms with Crippen LogP contribution in [0.3, 0.4) is 0 Å². The molecule has 0 aromatic carbocycles. The average Bonchev–Trinajstić information content (AvgIpc) is 2.75. The summed E-state index contributed by atoms with van der Waals surface area (Å²) in [5.41, 5.74) is -1.61. The number of rotatable bonds is 3. The number of nitrogens with zero attached hydrogens (tertiary/aromatic N) is 4. The number of aromatic nitrogens is 4. The molecule has 0 atom stereocenters. The van der Waals surface area contributed by atoms with Crippen LogP contribution < -0.4 is 11.2 Å². The molecule has 0 unspecified atom stereocenters. The van der Waals surface area contributed by atoms with Gasteiger partial charge in [-0.05, 0) is 0 Å². The lowest BCUT2D eigenvalue weighted by atomic mass is 10.4. The maximum Gasteiger partial charge on any atom is 0.390 e. The smallest absolute Gasteiger partial charge is 0.328 e. The lowest BCUT2D eigenvalue weighted by Crippen LogP contribution is -2.40. The third kappa shape index (κ3) is 2.69. The second-order valence-corrected chi connectivity index (χ2v) is 4.42. The molecule has 0 spiro atoms. The monoisotopic (exact) mass is 300 g/mol. The van der Waals surface area contributed by atoms with Gasteiger partial charge < -0.3 is 4.57 Å². The highest BCUT2D eigenvalue weighted by atomic mass is 19.4. The van der Waals surface area contributed by atoms with E-state index >= 15 is 0 Å². The van der Waals surface area contributed by atoms with Crippen LogP contribution in [-0.4, -0.2) is 24.9 Å². The van der Waals surface area contributed by atoms with Gasteiger partial charge in [0.05, 0.1) is 19.3 Å². The van der Waals surface area contributed by atoms with Crippen molar-refractivity contribution in [3.63, 3.8) is 0 Å². The van der Waals surface area contributed by atoms with Crippen LogP contribution >= 0.6 is 0 Å². The van der Waals surface area contributed by atoms with Gasteiger partial charge in [-0.15, -0.1) is 6.42 Å². The molecule has 0 saturated heterocycles.